The third-order valence-electron chi connectivity index (χ3n) is 4.84. The average molecular weight is 430 g/mol. The van der Waals surface area contributed by atoms with Crippen molar-refractivity contribution in [2.45, 2.75) is 88.2 Å². The maximum Gasteiger partial charge on any atom is 0.126 e. The molecule has 1 unspecified atom stereocenters. The molecule has 0 aliphatic heterocycles. The zero-order chi connectivity index (χ0) is 22.5. The molecule has 2 aromatic rings. The summed E-state index contributed by atoms with van der Waals surface area (Å²) >= 11 is 1.78. The highest BCUT2D eigenvalue weighted by Crippen LogP contribution is 2.43. The zero-order valence-electron chi connectivity index (χ0n) is 19.9. The van der Waals surface area contributed by atoms with E-state index in [1.807, 2.05) is 6.07 Å². The lowest BCUT2D eigenvalue weighted by Gasteiger charge is -2.31. The van der Waals surface area contributed by atoms with Crippen LogP contribution in [0.25, 0.3) is 0 Å². The standard InChI is InChI=1S/C26H39NO2S/c1-18(2)27-16-19(28)17-29-24-22(25(3,4)5)14-21(15-23(24)26(6,7)8)30-20-12-10-9-11-13-20/h9-15,18-19,27-28H,16-17H2,1-8H3. The maximum atomic E-state index is 10.4. The summed E-state index contributed by atoms with van der Waals surface area (Å²) in [7, 11) is 0. The van der Waals surface area contributed by atoms with Crippen molar-refractivity contribution in [3.63, 3.8) is 0 Å². The van der Waals surface area contributed by atoms with Crippen molar-refractivity contribution in [3.05, 3.63) is 53.6 Å². The molecule has 2 aromatic carbocycles. The first kappa shape index (κ1) is 24.8. The van der Waals surface area contributed by atoms with E-state index < -0.39 is 6.10 Å². The van der Waals surface area contributed by atoms with Crippen LogP contribution in [-0.2, 0) is 10.8 Å². The summed E-state index contributed by atoms with van der Waals surface area (Å²) in [5.41, 5.74) is 2.20. The van der Waals surface area contributed by atoms with E-state index in [-0.39, 0.29) is 17.4 Å². The van der Waals surface area contributed by atoms with Gasteiger partial charge in [0.25, 0.3) is 0 Å². The molecule has 1 atom stereocenters. The van der Waals surface area contributed by atoms with Crippen molar-refractivity contribution in [1.82, 2.24) is 5.32 Å². The summed E-state index contributed by atoms with van der Waals surface area (Å²) in [6.07, 6.45) is -0.550. The Balaban J connectivity index is 2.42. The SMILES string of the molecule is CC(C)NCC(O)COc1c(C(C)(C)C)cc(Sc2ccccc2)cc1C(C)(C)C. The fraction of sp³-hybridized carbons (Fsp3) is 0.538. The second kappa shape index (κ2) is 10.2. The highest BCUT2D eigenvalue weighted by atomic mass is 32.2. The van der Waals surface area contributed by atoms with Crippen LogP contribution in [0.5, 0.6) is 5.75 Å². The Hall–Kier alpha value is -1.49. The van der Waals surface area contributed by atoms with Crippen LogP contribution in [-0.4, -0.2) is 30.4 Å². The molecule has 0 saturated heterocycles. The fourth-order valence-electron chi connectivity index (χ4n) is 3.17. The highest BCUT2D eigenvalue weighted by Gasteiger charge is 2.28. The number of benzene rings is 2. The summed E-state index contributed by atoms with van der Waals surface area (Å²) in [6, 6.07) is 15.3. The van der Waals surface area contributed by atoms with Crippen molar-refractivity contribution in [2.24, 2.45) is 0 Å². The van der Waals surface area contributed by atoms with Gasteiger partial charge in [-0.15, -0.1) is 0 Å². The summed E-state index contributed by atoms with van der Waals surface area (Å²) in [5, 5.41) is 13.7. The van der Waals surface area contributed by atoms with Crippen LogP contribution >= 0.6 is 11.8 Å². The van der Waals surface area contributed by atoms with Gasteiger partial charge in [-0.05, 0) is 35.1 Å². The van der Waals surface area contributed by atoms with Crippen LogP contribution in [0, 0.1) is 0 Å². The van der Waals surface area contributed by atoms with E-state index in [1.54, 1.807) is 11.8 Å². The Labute approximate surface area is 187 Å². The van der Waals surface area contributed by atoms with Crippen molar-refractivity contribution in [2.75, 3.05) is 13.2 Å². The Bertz CT molecular complexity index is 769. The lowest BCUT2D eigenvalue weighted by molar-refractivity contribution is 0.102. The number of hydrogen-bond donors (Lipinski definition) is 2. The quantitative estimate of drug-likeness (QED) is 0.526. The lowest BCUT2D eigenvalue weighted by atomic mass is 9.79. The molecule has 0 saturated carbocycles. The Kier molecular flexibility index (Phi) is 8.43. The van der Waals surface area contributed by atoms with E-state index in [9.17, 15) is 5.11 Å². The van der Waals surface area contributed by atoms with Gasteiger partial charge in [0.2, 0.25) is 0 Å². The van der Waals surface area contributed by atoms with Gasteiger partial charge < -0.3 is 15.2 Å². The molecule has 2 rings (SSSR count). The van der Waals surface area contributed by atoms with Crippen LogP contribution < -0.4 is 10.1 Å². The molecule has 0 aromatic heterocycles. The van der Waals surface area contributed by atoms with Gasteiger partial charge in [-0.2, -0.15) is 0 Å². The first-order chi connectivity index (χ1) is 13.9. The van der Waals surface area contributed by atoms with Gasteiger partial charge in [-0.3, -0.25) is 0 Å². The monoisotopic (exact) mass is 429 g/mol. The van der Waals surface area contributed by atoms with Crippen molar-refractivity contribution >= 4 is 11.8 Å². The van der Waals surface area contributed by atoms with E-state index in [2.05, 4.69) is 97.1 Å². The van der Waals surface area contributed by atoms with Crippen LogP contribution in [0.15, 0.2) is 52.3 Å². The summed E-state index contributed by atoms with van der Waals surface area (Å²) in [6.45, 7) is 18.3. The lowest BCUT2D eigenvalue weighted by Crippen LogP contribution is -2.35. The summed E-state index contributed by atoms with van der Waals surface area (Å²) in [4.78, 5) is 2.44. The molecule has 166 valence electrons. The molecule has 0 aliphatic rings. The molecular formula is C26H39NO2S. The molecular weight excluding hydrogens is 390 g/mol. The number of rotatable bonds is 8. The second-order valence-electron chi connectivity index (χ2n) is 10.3. The van der Waals surface area contributed by atoms with Gasteiger partial charge >= 0.3 is 0 Å². The number of hydrogen-bond acceptors (Lipinski definition) is 4. The molecule has 0 amide bonds. The number of nitrogens with one attached hydrogen (secondary N) is 1. The first-order valence-corrected chi connectivity index (χ1v) is 11.7. The third-order valence-corrected chi connectivity index (χ3v) is 5.82. The topological polar surface area (TPSA) is 41.5 Å². The van der Waals surface area contributed by atoms with E-state index in [1.165, 1.54) is 20.9 Å². The summed E-state index contributed by atoms with van der Waals surface area (Å²) < 4.78 is 6.32. The second-order valence-corrected chi connectivity index (χ2v) is 11.4. The van der Waals surface area contributed by atoms with Gasteiger partial charge in [0, 0.05) is 33.5 Å². The van der Waals surface area contributed by atoms with Crippen molar-refractivity contribution < 1.29 is 9.84 Å². The molecule has 2 N–H and O–H groups in total. The Morgan fingerprint density at radius 1 is 0.900 bits per heavy atom. The largest absolute Gasteiger partial charge is 0.490 e. The summed E-state index contributed by atoms with van der Waals surface area (Å²) in [5.74, 6) is 0.913. The van der Waals surface area contributed by atoms with Gasteiger partial charge in [0.15, 0.2) is 0 Å². The first-order valence-electron chi connectivity index (χ1n) is 10.8. The van der Waals surface area contributed by atoms with Crippen molar-refractivity contribution in [1.29, 1.82) is 0 Å². The van der Waals surface area contributed by atoms with Crippen LogP contribution in [0.2, 0.25) is 0 Å². The molecule has 0 spiro atoms. The van der Waals surface area contributed by atoms with E-state index in [0.717, 1.165) is 5.75 Å². The van der Waals surface area contributed by atoms with Crippen LogP contribution in [0.4, 0.5) is 0 Å². The molecule has 0 radical (unpaired) electrons. The van der Waals surface area contributed by atoms with Gasteiger partial charge in [-0.25, -0.2) is 0 Å². The molecule has 30 heavy (non-hydrogen) atoms. The molecule has 0 fully saturated rings. The molecule has 4 heteroatoms. The van der Waals surface area contributed by atoms with E-state index >= 15 is 0 Å². The maximum absolute atomic E-state index is 10.4. The smallest absolute Gasteiger partial charge is 0.126 e. The van der Waals surface area contributed by atoms with Gasteiger partial charge in [-0.1, -0.05) is 85.4 Å². The zero-order valence-corrected chi connectivity index (χ0v) is 20.7. The van der Waals surface area contributed by atoms with Crippen LogP contribution in [0.3, 0.4) is 0 Å². The van der Waals surface area contributed by atoms with Crippen molar-refractivity contribution in [3.8, 4) is 5.75 Å². The predicted molar refractivity (Wildman–Crippen MR) is 129 cm³/mol. The van der Waals surface area contributed by atoms with Gasteiger partial charge in [0.1, 0.15) is 18.5 Å². The molecule has 0 bridgehead atoms. The minimum atomic E-state index is -0.550. The molecule has 0 aliphatic carbocycles. The normalized spacial score (nSPS) is 13.5. The Morgan fingerprint density at radius 3 is 1.90 bits per heavy atom. The number of aliphatic hydroxyl groups is 1. The minimum Gasteiger partial charge on any atom is -0.490 e. The van der Waals surface area contributed by atoms with E-state index in [4.69, 9.17) is 4.74 Å². The molecule has 0 heterocycles. The molecule has 3 nitrogen and oxygen atoms in total. The van der Waals surface area contributed by atoms with E-state index in [0.29, 0.717) is 12.6 Å². The highest BCUT2D eigenvalue weighted by molar-refractivity contribution is 7.99. The van der Waals surface area contributed by atoms with Gasteiger partial charge in [0.05, 0.1) is 0 Å². The number of aliphatic hydroxyl groups excluding tert-OH is 1. The van der Waals surface area contributed by atoms with Crippen LogP contribution in [0.1, 0.15) is 66.5 Å². The minimum absolute atomic E-state index is 0.0796. The Morgan fingerprint density at radius 2 is 1.43 bits per heavy atom. The third kappa shape index (κ3) is 7.33. The average Bonchev–Trinajstić information content (AvgIpc) is 2.64. The predicted octanol–water partition coefficient (Wildman–Crippen LogP) is 6.17. The number of ether oxygens (including phenoxy) is 1. The fourth-order valence-corrected chi connectivity index (χ4v) is 4.08.